The third-order valence-electron chi connectivity index (χ3n) is 2.27. The maximum Gasteiger partial charge on any atom is 0.345 e. The topological polar surface area (TPSA) is 46.5 Å². The number of hydrogen-bond acceptors (Lipinski definition) is 2. The van der Waals surface area contributed by atoms with Crippen LogP contribution >= 0.6 is 0 Å². The number of aliphatic carboxylic acids is 1. The fraction of sp³-hybridized carbons (Fsp3) is 0.357. The average molecular weight is 234 g/mol. The summed E-state index contributed by atoms with van der Waals surface area (Å²) in [5.41, 5.74) is 0. The lowest BCUT2D eigenvalue weighted by molar-refractivity contribution is -0.144. The number of carboxylic acid groups (broad SMARTS) is 1. The molecule has 1 atom stereocenters. The molecule has 17 heavy (non-hydrogen) atoms. The summed E-state index contributed by atoms with van der Waals surface area (Å²) in [4.78, 5) is 11.0. The second kappa shape index (κ2) is 7.49. The number of ether oxygens (including phenoxy) is 1. The molecule has 0 amide bonds. The summed E-state index contributed by atoms with van der Waals surface area (Å²) >= 11 is 0. The second-order valence-corrected chi connectivity index (χ2v) is 3.75. The fourth-order valence-electron chi connectivity index (χ4n) is 1.37. The monoisotopic (exact) mass is 234 g/mol. The maximum atomic E-state index is 11.0. The van der Waals surface area contributed by atoms with Gasteiger partial charge in [-0.1, -0.05) is 43.7 Å². The lowest BCUT2D eigenvalue weighted by atomic mass is 10.2. The van der Waals surface area contributed by atoms with Gasteiger partial charge in [0.2, 0.25) is 0 Å². The zero-order valence-corrected chi connectivity index (χ0v) is 10.0. The number of hydrogen-bond donors (Lipinski definition) is 1. The highest BCUT2D eigenvalue weighted by molar-refractivity contribution is 5.73. The molecule has 0 radical (unpaired) electrons. The standard InChI is InChI=1S/C14H18O3/c1-2-3-4-8-11-13(14(15)16)17-12-9-6-5-7-10-12/h4-10,13H,2-3,11H2,1H3,(H,15,16)/b8-4+. The van der Waals surface area contributed by atoms with E-state index in [0.717, 1.165) is 12.8 Å². The molecule has 3 nitrogen and oxygen atoms in total. The van der Waals surface area contributed by atoms with Crippen molar-refractivity contribution < 1.29 is 14.6 Å². The van der Waals surface area contributed by atoms with E-state index in [1.165, 1.54) is 0 Å². The van der Waals surface area contributed by atoms with E-state index in [2.05, 4.69) is 6.92 Å². The number of benzene rings is 1. The molecule has 0 spiro atoms. The zero-order valence-electron chi connectivity index (χ0n) is 10.0. The minimum absolute atomic E-state index is 0.393. The Balaban J connectivity index is 2.52. The van der Waals surface area contributed by atoms with Gasteiger partial charge in [0.25, 0.3) is 0 Å². The predicted octanol–water partition coefficient (Wildman–Crippen LogP) is 3.27. The highest BCUT2D eigenvalue weighted by Gasteiger charge is 2.17. The number of para-hydroxylation sites is 1. The van der Waals surface area contributed by atoms with Crippen LogP contribution in [0.1, 0.15) is 26.2 Å². The van der Waals surface area contributed by atoms with Crippen LogP contribution in [0.15, 0.2) is 42.5 Å². The van der Waals surface area contributed by atoms with E-state index in [0.29, 0.717) is 12.2 Å². The van der Waals surface area contributed by atoms with Crippen molar-refractivity contribution in [3.8, 4) is 5.75 Å². The Morgan fingerprint density at radius 1 is 1.35 bits per heavy atom. The summed E-state index contributed by atoms with van der Waals surface area (Å²) in [5, 5.41) is 9.03. The molecule has 0 saturated carbocycles. The van der Waals surface area contributed by atoms with Crippen LogP contribution in [0.3, 0.4) is 0 Å². The minimum Gasteiger partial charge on any atom is -0.478 e. The van der Waals surface area contributed by atoms with Gasteiger partial charge in [0.05, 0.1) is 0 Å². The Hall–Kier alpha value is -1.77. The zero-order chi connectivity index (χ0) is 12.5. The summed E-state index contributed by atoms with van der Waals surface area (Å²) in [6.07, 6.45) is 5.47. The SMILES string of the molecule is CCC/C=C/CC(Oc1ccccc1)C(=O)O. The number of allylic oxidation sites excluding steroid dienone is 1. The lowest BCUT2D eigenvalue weighted by Crippen LogP contribution is -2.26. The normalized spacial score (nSPS) is 12.5. The molecule has 1 N–H and O–H groups in total. The molecule has 0 fully saturated rings. The first-order valence-corrected chi connectivity index (χ1v) is 5.83. The van der Waals surface area contributed by atoms with Crippen molar-refractivity contribution in [2.45, 2.75) is 32.3 Å². The molecule has 0 saturated heterocycles. The molecule has 1 aromatic rings. The van der Waals surface area contributed by atoms with Crippen molar-refractivity contribution in [3.05, 3.63) is 42.5 Å². The molecule has 1 unspecified atom stereocenters. The van der Waals surface area contributed by atoms with E-state index in [-0.39, 0.29) is 0 Å². The van der Waals surface area contributed by atoms with E-state index >= 15 is 0 Å². The summed E-state index contributed by atoms with van der Waals surface area (Å²) in [6.45, 7) is 2.08. The Morgan fingerprint density at radius 2 is 2.06 bits per heavy atom. The lowest BCUT2D eigenvalue weighted by Gasteiger charge is -2.13. The van der Waals surface area contributed by atoms with Gasteiger partial charge in [-0.2, -0.15) is 0 Å². The first-order chi connectivity index (χ1) is 8.24. The van der Waals surface area contributed by atoms with E-state index in [9.17, 15) is 4.79 Å². The molecule has 1 rings (SSSR count). The van der Waals surface area contributed by atoms with Crippen LogP contribution in [0.2, 0.25) is 0 Å². The smallest absolute Gasteiger partial charge is 0.345 e. The molecule has 92 valence electrons. The molecular formula is C14H18O3. The van der Waals surface area contributed by atoms with Gasteiger partial charge < -0.3 is 9.84 Å². The molecule has 0 heterocycles. The number of rotatable bonds is 7. The van der Waals surface area contributed by atoms with E-state index in [1.54, 1.807) is 12.1 Å². The largest absolute Gasteiger partial charge is 0.478 e. The summed E-state index contributed by atoms with van der Waals surface area (Å²) < 4.78 is 5.41. The Morgan fingerprint density at radius 3 is 2.65 bits per heavy atom. The Kier molecular flexibility index (Phi) is 5.86. The van der Waals surface area contributed by atoms with Gasteiger partial charge in [-0.25, -0.2) is 4.79 Å². The fourth-order valence-corrected chi connectivity index (χ4v) is 1.37. The summed E-state index contributed by atoms with van der Waals surface area (Å²) in [6, 6.07) is 9.02. The molecule has 0 aliphatic rings. The highest BCUT2D eigenvalue weighted by atomic mass is 16.5. The van der Waals surface area contributed by atoms with E-state index in [1.807, 2.05) is 30.4 Å². The van der Waals surface area contributed by atoms with Crippen molar-refractivity contribution in [3.63, 3.8) is 0 Å². The molecular weight excluding hydrogens is 216 g/mol. The first-order valence-electron chi connectivity index (χ1n) is 5.83. The van der Waals surface area contributed by atoms with Gasteiger partial charge in [-0.15, -0.1) is 0 Å². The van der Waals surface area contributed by atoms with Gasteiger partial charge in [-0.3, -0.25) is 0 Å². The van der Waals surface area contributed by atoms with Gasteiger partial charge in [-0.05, 0) is 18.6 Å². The van der Waals surface area contributed by atoms with Crippen molar-refractivity contribution >= 4 is 5.97 Å². The second-order valence-electron chi connectivity index (χ2n) is 3.75. The van der Waals surface area contributed by atoms with Gasteiger partial charge in [0.1, 0.15) is 5.75 Å². The molecule has 0 aliphatic heterocycles. The Bertz CT molecular complexity index is 357. The van der Waals surface area contributed by atoms with Gasteiger partial charge in [0.15, 0.2) is 6.10 Å². The van der Waals surface area contributed by atoms with Crippen molar-refractivity contribution in [1.29, 1.82) is 0 Å². The highest BCUT2D eigenvalue weighted by Crippen LogP contribution is 2.13. The van der Waals surface area contributed by atoms with Crippen molar-refractivity contribution in [1.82, 2.24) is 0 Å². The number of carboxylic acids is 1. The third-order valence-corrected chi connectivity index (χ3v) is 2.27. The molecule has 0 bridgehead atoms. The van der Waals surface area contributed by atoms with Gasteiger partial charge in [0, 0.05) is 6.42 Å². The quantitative estimate of drug-likeness (QED) is 0.736. The van der Waals surface area contributed by atoms with Crippen LogP contribution in [0.25, 0.3) is 0 Å². The van der Waals surface area contributed by atoms with Crippen LogP contribution in [-0.2, 0) is 4.79 Å². The van der Waals surface area contributed by atoms with Crippen LogP contribution in [0.5, 0.6) is 5.75 Å². The van der Waals surface area contributed by atoms with Crippen LogP contribution in [-0.4, -0.2) is 17.2 Å². The maximum absolute atomic E-state index is 11.0. The minimum atomic E-state index is -0.935. The molecule has 3 heteroatoms. The predicted molar refractivity (Wildman–Crippen MR) is 67.2 cm³/mol. The van der Waals surface area contributed by atoms with Crippen LogP contribution < -0.4 is 4.74 Å². The first kappa shape index (κ1) is 13.3. The van der Waals surface area contributed by atoms with Gasteiger partial charge >= 0.3 is 5.97 Å². The van der Waals surface area contributed by atoms with Crippen molar-refractivity contribution in [2.24, 2.45) is 0 Å². The van der Waals surface area contributed by atoms with E-state index < -0.39 is 12.1 Å². The number of carbonyl (C=O) groups is 1. The van der Waals surface area contributed by atoms with E-state index in [4.69, 9.17) is 9.84 Å². The molecule has 0 aliphatic carbocycles. The third kappa shape index (κ3) is 5.20. The number of unbranched alkanes of at least 4 members (excludes halogenated alkanes) is 1. The summed E-state index contributed by atoms with van der Waals surface area (Å²) in [5.74, 6) is -0.348. The Labute approximate surface area is 102 Å². The van der Waals surface area contributed by atoms with Crippen LogP contribution in [0.4, 0.5) is 0 Å². The van der Waals surface area contributed by atoms with Crippen LogP contribution in [0, 0.1) is 0 Å². The van der Waals surface area contributed by atoms with Crippen molar-refractivity contribution in [2.75, 3.05) is 0 Å². The molecule has 0 aromatic heterocycles. The average Bonchev–Trinajstić information content (AvgIpc) is 2.34. The summed E-state index contributed by atoms with van der Waals surface area (Å²) in [7, 11) is 0. The molecule has 1 aromatic carbocycles.